The maximum atomic E-state index is 5.06. The first kappa shape index (κ1) is 19.0. The van der Waals surface area contributed by atoms with Crippen LogP contribution < -0.4 is 0 Å². The van der Waals surface area contributed by atoms with Crippen LogP contribution in [0, 0.1) is 0 Å². The van der Waals surface area contributed by atoms with Crippen molar-refractivity contribution in [1.82, 2.24) is 14.5 Å². The molecular weight excluding hydrogens is 458 g/mol. The van der Waals surface area contributed by atoms with Gasteiger partial charge in [0.1, 0.15) is 0 Å². The Bertz CT molecular complexity index is 1570. The maximum Gasteiger partial charge on any atom is 0.159 e. The minimum atomic E-state index is 0.718. The Balaban J connectivity index is 1.71. The highest BCUT2D eigenvalue weighted by atomic mass is 79.9. The van der Waals surface area contributed by atoms with Gasteiger partial charge in [0.15, 0.2) is 5.82 Å². The Kier molecular flexibility index (Phi) is 4.58. The molecule has 3 nitrogen and oxygen atoms in total. The standard InChI is InChI=1S/C28H18BrN3/c29-22-15-9-17-24-26(22)21-14-7-8-16-23(21)32(24)25-18-30-28(20-12-5-2-6-13-20)31-27(25)19-10-3-1-4-11-19/h1-18H. The fourth-order valence-electron chi connectivity index (χ4n) is 4.31. The summed E-state index contributed by atoms with van der Waals surface area (Å²) in [6.45, 7) is 0. The molecule has 4 heteroatoms. The van der Waals surface area contributed by atoms with Crippen molar-refractivity contribution in [2.24, 2.45) is 0 Å². The molecule has 152 valence electrons. The zero-order chi connectivity index (χ0) is 21.5. The van der Waals surface area contributed by atoms with Crippen LogP contribution in [0.4, 0.5) is 0 Å². The maximum absolute atomic E-state index is 5.06. The molecule has 0 atom stereocenters. The highest BCUT2D eigenvalue weighted by molar-refractivity contribution is 9.10. The van der Waals surface area contributed by atoms with E-state index in [1.165, 1.54) is 10.8 Å². The van der Waals surface area contributed by atoms with E-state index in [0.29, 0.717) is 0 Å². The van der Waals surface area contributed by atoms with Crippen molar-refractivity contribution in [3.63, 3.8) is 0 Å². The van der Waals surface area contributed by atoms with E-state index in [-0.39, 0.29) is 0 Å². The minimum Gasteiger partial charge on any atom is -0.306 e. The lowest BCUT2D eigenvalue weighted by Gasteiger charge is -2.14. The number of rotatable bonds is 3. The Labute approximate surface area is 194 Å². The van der Waals surface area contributed by atoms with E-state index >= 15 is 0 Å². The highest BCUT2D eigenvalue weighted by Gasteiger charge is 2.19. The first-order valence-electron chi connectivity index (χ1n) is 10.5. The zero-order valence-electron chi connectivity index (χ0n) is 17.1. The van der Waals surface area contributed by atoms with Crippen LogP contribution in [0.1, 0.15) is 0 Å². The molecule has 0 aliphatic rings. The van der Waals surface area contributed by atoms with Gasteiger partial charge >= 0.3 is 0 Å². The lowest BCUT2D eigenvalue weighted by atomic mass is 10.1. The highest BCUT2D eigenvalue weighted by Crippen LogP contribution is 2.38. The van der Waals surface area contributed by atoms with Crippen LogP contribution in [0.3, 0.4) is 0 Å². The molecular formula is C28H18BrN3. The van der Waals surface area contributed by atoms with Crippen molar-refractivity contribution in [3.05, 3.63) is 114 Å². The molecule has 0 unspecified atom stereocenters. The van der Waals surface area contributed by atoms with Crippen LogP contribution in [-0.2, 0) is 0 Å². The van der Waals surface area contributed by atoms with Gasteiger partial charge in [0, 0.05) is 26.4 Å². The summed E-state index contributed by atoms with van der Waals surface area (Å²) >= 11 is 3.76. The molecule has 0 fully saturated rings. The average molecular weight is 476 g/mol. The lowest BCUT2D eigenvalue weighted by Crippen LogP contribution is -2.02. The second-order valence-electron chi connectivity index (χ2n) is 7.65. The van der Waals surface area contributed by atoms with Gasteiger partial charge in [-0.3, -0.25) is 0 Å². The molecule has 0 spiro atoms. The van der Waals surface area contributed by atoms with Crippen molar-refractivity contribution < 1.29 is 0 Å². The number of nitrogens with zero attached hydrogens (tertiary/aromatic N) is 3. The van der Waals surface area contributed by atoms with Crippen LogP contribution in [-0.4, -0.2) is 14.5 Å². The summed E-state index contributed by atoms with van der Waals surface area (Å²) in [5.41, 5.74) is 6.17. The van der Waals surface area contributed by atoms with Crippen molar-refractivity contribution >= 4 is 37.7 Å². The Morgan fingerprint density at radius 3 is 2.06 bits per heavy atom. The molecule has 0 amide bonds. The van der Waals surface area contributed by atoms with Crippen LogP contribution in [0.15, 0.2) is 114 Å². The first-order chi connectivity index (χ1) is 15.8. The SMILES string of the molecule is Brc1cccc2c1c1ccccc1n2-c1cnc(-c2ccccc2)nc1-c1ccccc1. The normalized spacial score (nSPS) is 11.3. The van der Waals surface area contributed by atoms with Crippen LogP contribution in [0.5, 0.6) is 0 Å². The third-order valence-corrected chi connectivity index (χ3v) is 6.40. The first-order valence-corrected chi connectivity index (χ1v) is 11.3. The number of hydrogen-bond acceptors (Lipinski definition) is 2. The van der Waals surface area contributed by atoms with E-state index in [1.807, 2.05) is 54.7 Å². The fraction of sp³-hybridized carbons (Fsp3) is 0. The summed E-state index contributed by atoms with van der Waals surface area (Å²) in [7, 11) is 0. The molecule has 2 heterocycles. The van der Waals surface area contributed by atoms with Crippen LogP contribution >= 0.6 is 15.9 Å². The number of fused-ring (bicyclic) bond motifs is 3. The molecule has 0 N–H and O–H groups in total. The van der Waals surface area contributed by atoms with E-state index in [0.717, 1.165) is 43.8 Å². The Morgan fingerprint density at radius 1 is 0.625 bits per heavy atom. The van der Waals surface area contributed by atoms with Gasteiger partial charge in [0.05, 0.1) is 28.6 Å². The predicted octanol–water partition coefficient (Wildman–Crippen LogP) is 7.67. The van der Waals surface area contributed by atoms with Crippen LogP contribution in [0.2, 0.25) is 0 Å². The van der Waals surface area contributed by atoms with E-state index in [1.54, 1.807) is 0 Å². The summed E-state index contributed by atoms with van der Waals surface area (Å²) in [6, 6.07) is 35.2. The fourth-order valence-corrected chi connectivity index (χ4v) is 4.88. The van der Waals surface area contributed by atoms with E-state index in [9.17, 15) is 0 Å². The lowest BCUT2D eigenvalue weighted by molar-refractivity contribution is 1.09. The Morgan fingerprint density at radius 2 is 1.28 bits per heavy atom. The largest absolute Gasteiger partial charge is 0.306 e. The number of aromatic nitrogens is 3. The van der Waals surface area contributed by atoms with Gasteiger partial charge in [-0.1, -0.05) is 101 Å². The molecule has 0 saturated carbocycles. The topological polar surface area (TPSA) is 30.7 Å². The molecule has 0 aliphatic heterocycles. The summed E-state index contributed by atoms with van der Waals surface area (Å²) < 4.78 is 3.35. The predicted molar refractivity (Wildman–Crippen MR) is 135 cm³/mol. The van der Waals surface area contributed by atoms with Gasteiger partial charge in [-0.15, -0.1) is 0 Å². The Hall–Kier alpha value is -3.76. The quantitative estimate of drug-likeness (QED) is 0.262. The summed E-state index contributed by atoms with van der Waals surface area (Å²) in [5, 5.41) is 2.38. The zero-order valence-corrected chi connectivity index (χ0v) is 18.7. The van der Waals surface area contributed by atoms with Gasteiger partial charge in [0.25, 0.3) is 0 Å². The molecule has 0 saturated heterocycles. The molecule has 0 radical (unpaired) electrons. The molecule has 0 aliphatic carbocycles. The van der Waals surface area contributed by atoms with Crippen LogP contribution in [0.25, 0.3) is 50.1 Å². The van der Waals surface area contributed by atoms with E-state index in [2.05, 4.69) is 75.1 Å². The molecule has 6 aromatic rings. The average Bonchev–Trinajstić information content (AvgIpc) is 3.20. The molecule has 4 aromatic carbocycles. The second kappa shape index (κ2) is 7.74. The van der Waals surface area contributed by atoms with Gasteiger partial charge < -0.3 is 4.57 Å². The van der Waals surface area contributed by atoms with Gasteiger partial charge in [-0.05, 0) is 18.2 Å². The van der Waals surface area contributed by atoms with Gasteiger partial charge in [-0.2, -0.15) is 0 Å². The van der Waals surface area contributed by atoms with Crippen molar-refractivity contribution in [1.29, 1.82) is 0 Å². The van der Waals surface area contributed by atoms with E-state index in [4.69, 9.17) is 9.97 Å². The van der Waals surface area contributed by atoms with Gasteiger partial charge in [-0.25, -0.2) is 9.97 Å². The van der Waals surface area contributed by atoms with Crippen molar-refractivity contribution in [2.75, 3.05) is 0 Å². The number of benzene rings is 4. The molecule has 0 bridgehead atoms. The van der Waals surface area contributed by atoms with E-state index < -0.39 is 0 Å². The molecule has 6 rings (SSSR count). The summed E-state index contributed by atoms with van der Waals surface area (Å²) in [6.07, 6.45) is 1.95. The third-order valence-electron chi connectivity index (χ3n) is 5.74. The molecule has 2 aromatic heterocycles. The monoisotopic (exact) mass is 475 g/mol. The number of halogens is 1. The van der Waals surface area contributed by atoms with Crippen molar-refractivity contribution in [3.8, 4) is 28.3 Å². The second-order valence-corrected chi connectivity index (χ2v) is 8.50. The molecule has 32 heavy (non-hydrogen) atoms. The third kappa shape index (κ3) is 3.03. The van der Waals surface area contributed by atoms with Crippen molar-refractivity contribution in [2.45, 2.75) is 0 Å². The van der Waals surface area contributed by atoms with Gasteiger partial charge in [0.2, 0.25) is 0 Å². The number of hydrogen-bond donors (Lipinski definition) is 0. The summed E-state index contributed by atoms with van der Waals surface area (Å²) in [5.74, 6) is 0.718. The summed E-state index contributed by atoms with van der Waals surface area (Å²) in [4.78, 5) is 9.85. The number of para-hydroxylation sites is 1. The minimum absolute atomic E-state index is 0.718. The smallest absolute Gasteiger partial charge is 0.159 e.